The van der Waals surface area contributed by atoms with Gasteiger partial charge in [-0.3, -0.25) is 10.1 Å². The molecule has 0 aliphatic rings. The van der Waals surface area contributed by atoms with Crippen LogP contribution in [0, 0.1) is 10.1 Å². The number of carbonyl (C=O) groups is 1. The van der Waals surface area contributed by atoms with Crippen molar-refractivity contribution in [1.82, 2.24) is 0 Å². The van der Waals surface area contributed by atoms with Crippen LogP contribution in [0.3, 0.4) is 0 Å². The number of nitrogens with zero attached hydrogens (tertiary/aromatic N) is 2. The van der Waals surface area contributed by atoms with E-state index in [9.17, 15) is 14.9 Å². The van der Waals surface area contributed by atoms with Crippen molar-refractivity contribution in [1.29, 1.82) is 0 Å². The Labute approximate surface area is 107 Å². The Hall–Kier alpha value is -2.96. The lowest BCUT2D eigenvalue weighted by Crippen LogP contribution is -1.99. The Kier molecular flexibility index (Phi) is 3.67. The van der Waals surface area contributed by atoms with Gasteiger partial charge in [-0.2, -0.15) is 0 Å². The van der Waals surface area contributed by atoms with Crippen LogP contribution in [0.1, 0.15) is 16.1 Å². The molecule has 0 aliphatic carbocycles. The summed E-state index contributed by atoms with van der Waals surface area (Å²) in [5, 5.41) is 14.0. The molecule has 0 bridgehead atoms. The predicted molar refractivity (Wildman–Crippen MR) is 64.8 cm³/mol. The molecule has 1 heterocycles. The first-order valence-electron chi connectivity index (χ1n) is 5.19. The standard InChI is InChI=1S/C12H8N2O5/c15-12(11-5-2-6-18-11)19-13-8-9-3-1-4-10(7-9)14(16)17/h1-8H/b13-8+. The number of oxime groups is 1. The molecule has 0 N–H and O–H groups in total. The van der Waals surface area contributed by atoms with Gasteiger partial charge in [-0.1, -0.05) is 17.3 Å². The molecule has 0 atom stereocenters. The highest BCUT2D eigenvalue weighted by Gasteiger charge is 2.09. The molecule has 0 saturated carbocycles. The second-order valence-electron chi connectivity index (χ2n) is 3.44. The van der Waals surface area contributed by atoms with Crippen molar-refractivity contribution in [2.24, 2.45) is 5.16 Å². The highest BCUT2D eigenvalue weighted by atomic mass is 16.7. The molecule has 2 aromatic rings. The summed E-state index contributed by atoms with van der Waals surface area (Å²) >= 11 is 0. The SMILES string of the molecule is O=C(O/N=C/c1cccc([N+](=O)[O-])c1)c1ccco1. The van der Waals surface area contributed by atoms with E-state index in [-0.39, 0.29) is 11.4 Å². The zero-order valence-corrected chi connectivity index (χ0v) is 9.55. The van der Waals surface area contributed by atoms with Gasteiger partial charge in [0.2, 0.25) is 5.76 Å². The zero-order valence-electron chi connectivity index (χ0n) is 9.55. The molecule has 1 aromatic heterocycles. The number of nitro groups is 1. The predicted octanol–water partition coefficient (Wildman–Crippen LogP) is 2.38. The number of non-ortho nitro benzene ring substituents is 1. The summed E-state index contributed by atoms with van der Waals surface area (Å²) in [6, 6.07) is 8.74. The molecule has 0 spiro atoms. The summed E-state index contributed by atoms with van der Waals surface area (Å²) in [5.74, 6) is -0.720. The maximum atomic E-state index is 11.3. The topological polar surface area (TPSA) is 94.9 Å². The third-order valence-corrected chi connectivity index (χ3v) is 2.14. The summed E-state index contributed by atoms with van der Waals surface area (Å²) in [6.45, 7) is 0. The summed E-state index contributed by atoms with van der Waals surface area (Å²) in [6.07, 6.45) is 2.54. The number of hydrogen-bond acceptors (Lipinski definition) is 6. The Balaban J connectivity index is 2.01. The molecule has 0 amide bonds. The van der Waals surface area contributed by atoms with Gasteiger partial charge in [-0.25, -0.2) is 4.79 Å². The number of furan rings is 1. The van der Waals surface area contributed by atoms with E-state index in [0.717, 1.165) is 0 Å². The molecule has 0 saturated heterocycles. The summed E-state index contributed by atoms with van der Waals surface area (Å²) in [4.78, 5) is 25.9. The Morgan fingerprint density at radius 3 is 2.89 bits per heavy atom. The second kappa shape index (κ2) is 5.58. The van der Waals surface area contributed by atoms with E-state index in [1.807, 2.05) is 0 Å². The molecule has 96 valence electrons. The van der Waals surface area contributed by atoms with E-state index < -0.39 is 10.9 Å². The van der Waals surface area contributed by atoms with Crippen LogP contribution in [0.25, 0.3) is 0 Å². The first-order chi connectivity index (χ1) is 9.16. The van der Waals surface area contributed by atoms with Gasteiger partial charge in [0, 0.05) is 17.7 Å². The molecule has 0 radical (unpaired) electrons. The number of benzene rings is 1. The fraction of sp³-hybridized carbons (Fsp3) is 0. The van der Waals surface area contributed by atoms with Gasteiger partial charge in [-0.15, -0.1) is 0 Å². The van der Waals surface area contributed by atoms with Crippen LogP contribution >= 0.6 is 0 Å². The van der Waals surface area contributed by atoms with Gasteiger partial charge in [0.05, 0.1) is 17.4 Å². The van der Waals surface area contributed by atoms with E-state index in [1.165, 1.54) is 36.7 Å². The third kappa shape index (κ3) is 3.25. The summed E-state index contributed by atoms with van der Waals surface area (Å²) < 4.78 is 4.81. The van der Waals surface area contributed by atoms with Crippen LogP contribution in [-0.2, 0) is 4.84 Å². The van der Waals surface area contributed by atoms with Crippen molar-refractivity contribution in [2.45, 2.75) is 0 Å². The Morgan fingerprint density at radius 1 is 1.37 bits per heavy atom. The normalized spacial score (nSPS) is 10.5. The van der Waals surface area contributed by atoms with Crippen LogP contribution in [0.15, 0.2) is 52.2 Å². The zero-order chi connectivity index (χ0) is 13.7. The average molecular weight is 260 g/mol. The minimum atomic E-state index is -0.744. The number of rotatable bonds is 4. The van der Waals surface area contributed by atoms with Crippen molar-refractivity contribution in [3.8, 4) is 0 Å². The van der Waals surface area contributed by atoms with E-state index in [1.54, 1.807) is 12.1 Å². The highest BCUT2D eigenvalue weighted by Crippen LogP contribution is 2.11. The van der Waals surface area contributed by atoms with Gasteiger partial charge >= 0.3 is 5.97 Å². The average Bonchev–Trinajstić information content (AvgIpc) is 2.93. The first-order valence-corrected chi connectivity index (χ1v) is 5.19. The molecule has 0 fully saturated rings. The van der Waals surface area contributed by atoms with Crippen molar-refractivity contribution >= 4 is 17.9 Å². The molecule has 0 aliphatic heterocycles. The molecular weight excluding hydrogens is 252 g/mol. The quantitative estimate of drug-likeness (QED) is 0.364. The summed E-state index contributed by atoms with van der Waals surface area (Å²) in [5.41, 5.74) is 0.378. The van der Waals surface area contributed by atoms with Crippen molar-refractivity contribution in [3.05, 3.63) is 64.1 Å². The number of hydrogen-bond donors (Lipinski definition) is 0. The minimum absolute atomic E-state index is 0.0243. The monoisotopic (exact) mass is 260 g/mol. The van der Waals surface area contributed by atoms with Gasteiger partial charge in [-0.05, 0) is 12.1 Å². The van der Waals surface area contributed by atoms with Gasteiger partial charge < -0.3 is 9.25 Å². The second-order valence-corrected chi connectivity index (χ2v) is 3.44. The molecule has 7 nitrogen and oxygen atoms in total. The van der Waals surface area contributed by atoms with E-state index in [2.05, 4.69) is 9.99 Å². The van der Waals surface area contributed by atoms with Crippen LogP contribution in [-0.4, -0.2) is 17.1 Å². The Morgan fingerprint density at radius 2 is 2.21 bits per heavy atom. The van der Waals surface area contributed by atoms with Crippen molar-refractivity contribution < 1.29 is 19.0 Å². The minimum Gasteiger partial charge on any atom is -0.457 e. The van der Waals surface area contributed by atoms with E-state index >= 15 is 0 Å². The molecule has 19 heavy (non-hydrogen) atoms. The van der Waals surface area contributed by atoms with Crippen LogP contribution in [0.2, 0.25) is 0 Å². The maximum Gasteiger partial charge on any atom is 0.400 e. The van der Waals surface area contributed by atoms with Gasteiger partial charge in [0.1, 0.15) is 0 Å². The lowest BCUT2D eigenvalue weighted by atomic mass is 10.2. The molecule has 1 aromatic carbocycles. The van der Waals surface area contributed by atoms with Crippen LogP contribution in [0.4, 0.5) is 5.69 Å². The Bertz CT molecular complexity index is 619. The number of carbonyl (C=O) groups excluding carboxylic acids is 1. The van der Waals surface area contributed by atoms with Crippen LogP contribution in [0.5, 0.6) is 0 Å². The lowest BCUT2D eigenvalue weighted by molar-refractivity contribution is -0.384. The highest BCUT2D eigenvalue weighted by molar-refractivity contribution is 5.87. The first kappa shape index (κ1) is 12.5. The van der Waals surface area contributed by atoms with Gasteiger partial charge in [0.25, 0.3) is 5.69 Å². The third-order valence-electron chi connectivity index (χ3n) is 2.14. The van der Waals surface area contributed by atoms with E-state index in [4.69, 9.17) is 4.42 Å². The fourth-order valence-electron chi connectivity index (χ4n) is 1.29. The van der Waals surface area contributed by atoms with E-state index in [0.29, 0.717) is 5.56 Å². The molecule has 2 rings (SSSR count). The number of nitro benzene ring substituents is 1. The van der Waals surface area contributed by atoms with Crippen molar-refractivity contribution in [2.75, 3.05) is 0 Å². The maximum absolute atomic E-state index is 11.3. The molecular formula is C12H8N2O5. The fourth-order valence-corrected chi connectivity index (χ4v) is 1.29. The largest absolute Gasteiger partial charge is 0.457 e. The molecule has 0 unspecified atom stereocenters. The van der Waals surface area contributed by atoms with Crippen molar-refractivity contribution in [3.63, 3.8) is 0 Å². The smallest absolute Gasteiger partial charge is 0.400 e. The summed E-state index contributed by atoms with van der Waals surface area (Å²) in [7, 11) is 0. The van der Waals surface area contributed by atoms with Gasteiger partial charge in [0.15, 0.2) is 0 Å². The molecule has 7 heteroatoms. The lowest BCUT2D eigenvalue weighted by Gasteiger charge is -1.94. The van der Waals surface area contributed by atoms with Crippen LogP contribution < -0.4 is 0 Å².